The maximum atomic E-state index is 12.9. The van der Waals surface area contributed by atoms with Crippen LogP contribution >= 0.6 is 0 Å². The fourth-order valence-corrected chi connectivity index (χ4v) is 4.28. The number of methoxy groups -OCH3 is 1. The van der Waals surface area contributed by atoms with Crippen molar-refractivity contribution < 1.29 is 22.7 Å². The van der Waals surface area contributed by atoms with Crippen LogP contribution in [0.5, 0.6) is 0 Å². The number of rotatable bonds is 5. The summed E-state index contributed by atoms with van der Waals surface area (Å²) in [7, 11) is -1.06. The molecule has 3 aromatic rings. The van der Waals surface area contributed by atoms with Gasteiger partial charge < -0.3 is 10.1 Å². The molecule has 34 heavy (non-hydrogen) atoms. The van der Waals surface area contributed by atoms with Gasteiger partial charge in [-0.25, -0.2) is 17.9 Å². The number of esters is 1. The van der Waals surface area contributed by atoms with Crippen molar-refractivity contribution in [3.63, 3.8) is 0 Å². The van der Waals surface area contributed by atoms with Gasteiger partial charge in [-0.15, -0.1) is 0 Å². The van der Waals surface area contributed by atoms with E-state index in [1.54, 1.807) is 68.4 Å². The van der Waals surface area contributed by atoms with Gasteiger partial charge in [0.25, 0.3) is 5.91 Å². The molecule has 0 aliphatic rings. The fraction of sp³-hybridized carbons (Fsp3) is 0.154. The minimum Gasteiger partial charge on any atom is -0.465 e. The molecule has 3 aromatic carbocycles. The molecule has 0 aliphatic heterocycles. The summed E-state index contributed by atoms with van der Waals surface area (Å²) in [5, 5.41) is 2.79. The van der Waals surface area contributed by atoms with Crippen LogP contribution in [0.15, 0.2) is 65.6 Å². The number of benzene rings is 3. The summed E-state index contributed by atoms with van der Waals surface area (Å²) < 4.78 is 31.7. The number of anilines is 1. The zero-order valence-corrected chi connectivity index (χ0v) is 20.0. The van der Waals surface area contributed by atoms with Gasteiger partial charge in [-0.3, -0.25) is 4.79 Å². The van der Waals surface area contributed by atoms with Gasteiger partial charge in [-0.1, -0.05) is 24.0 Å². The molecule has 1 amide bonds. The largest absolute Gasteiger partial charge is 0.465 e. The molecule has 0 saturated carbocycles. The quantitative estimate of drug-likeness (QED) is 0.432. The van der Waals surface area contributed by atoms with E-state index in [9.17, 15) is 18.0 Å². The highest BCUT2D eigenvalue weighted by Crippen LogP contribution is 2.22. The molecule has 0 spiro atoms. The first-order valence-electron chi connectivity index (χ1n) is 10.3. The highest BCUT2D eigenvalue weighted by atomic mass is 32.2. The molecule has 2 N–H and O–H groups in total. The van der Waals surface area contributed by atoms with Crippen molar-refractivity contribution in [1.82, 2.24) is 4.72 Å². The second-order valence-corrected chi connectivity index (χ2v) is 9.34. The van der Waals surface area contributed by atoms with Crippen molar-refractivity contribution in [2.24, 2.45) is 0 Å². The molecule has 0 fully saturated rings. The Balaban J connectivity index is 1.84. The lowest BCUT2D eigenvalue weighted by Gasteiger charge is -2.12. The molecule has 0 aliphatic carbocycles. The average molecular weight is 477 g/mol. The Morgan fingerprint density at radius 2 is 1.53 bits per heavy atom. The van der Waals surface area contributed by atoms with Gasteiger partial charge in [0.15, 0.2) is 0 Å². The summed E-state index contributed by atoms with van der Waals surface area (Å²) in [6, 6.07) is 16.8. The second kappa shape index (κ2) is 10.3. The molecule has 0 atom stereocenters. The number of ether oxygens (including phenoxy) is 1. The van der Waals surface area contributed by atoms with Gasteiger partial charge in [-0.2, -0.15) is 0 Å². The Hall–Kier alpha value is -3.93. The number of sulfonamides is 1. The maximum Gasteiger partial charge on any atom is 0.337 e. The number of hydrogen-bond acceptors (Lipinski definition) is 5. The van der Waals surface area contributed by atoms with Gasteiger partial charge in [0.1, 0.15) is 0 Å². The third-order valence-corrected chi connectivity index (χ3v) is 6.74. The van der Waals surface area contributed by atoms with E-state index in [2.05, 4.69) is 21.9 Å². The van der Waals surface area contributed by atoms with Crippen LogP contribution in [0.2, 0.25) is 0 Å². The topological polar surface area (TPSA) is 102 Å². The summed E-state index contributed by atoms with van der Waals surface area (Å²) in [5.74, 6) is 5.13. The van der Waals surface area contributed by atoms with E-state index in [0.29, 0.717) is 33.5 Å². The summed E-state index contributed by atoms with van der Waals surface area (Å²) in [5.41, 5.74) is 3.72. The van der Waals surface area contributed by atoms with Gasteiger partial charge in [0.05, 0.1) is 17.6 Å². The van der Waals surface area contributed by atoms with Crippen LogP contribution in [-0.2, 0) is 14.8 Å². The van der Waals surface area contributed by atoms with Crippen molar-refractivity contribution in [2.45, 2.75) is 18.7 Å². The van der Waals surface area contributed by atoms with Gasteiger partial charge >= 0.3 is 5.97 Å². The lowest BCUT2D eigenvalue weighted by atomic mass is 10.1. The maximum absolute atomic E-state index is 12.9. The first-order valence-corrected chi connectivity index (χ1v) is 11.8. The zero-order valence-electron chi connectivity index (χ0n) is 19.2. The third kappa shape index (κ3) is 5.70. The molecule has 0 unspecified atom stereocenters. The van der Waals surface area contributed by atoms with E-state index in [0.717, 1.165) is 0 Å². The molecule has 7 nitrogen and oxygen atoms in total. The molecule has 8 heteroatoms. The first kappa shape index (κ1) is 24.7. The summed E-state index contributed by atoms with van der Waals surface area (Å²) in [4.78, 5) is 24.6. The first-order chi connectivity index (χ1) is 16.1. The lowest BCUT2D eigenvalue weighted by Crippen LogP contribution is -2.21. The van der Waals surface area contributed by atoms with Crippen LogP contribution in [0, 0.1) is 25.7 Å². The molecular weight excluding hydrogens is 452 g/mol. The van der Waals surface area contributed by atoms with E-state index in [1.165, 1.54) is 20.2 Å². The summed E-state index contributed by atoms with van der Waals surface area (Å²) >= 11 is 0. The van der Waals surface area contributed by atoms with Gasteiger partial charge in [0, 0.05) is 22.4 Å². The number of carbonyl (C=O) groups is 2. The van der Waals surface area contributed by atoms with Crippen LogP contribution in [0.25, 0.3) is 0 Å². The van der Waals surface area contributed by atoms with Crippen molar-refractivity contribution in [3.05, 3.63) is 94.0 Å². The average Bonchev–Trinajstić information content (AvgIpc) is 2.84. The Kier molecular flexibility index (Phi) is 7.51. The summed E-state index contributed by atoms with van der Waals surface area (Å²) in [6.07, 6.45) is 0. The number of carbonyl (C=O) groups excluding carboxylic acids is 2. The molecule has 0 bridgehead atoms. The number of aryl methyl sites for hydroxylation is 1. The standard InChI is InChI=1S/C26H24N2O5S/c1-17-13-22(16-24(18(17)2)34(31,32)27-3)25(29)28-23-10-6-8-20(15-23)12-11-19-7-5-9-21(14-19)26(30)33-4/h5-10,13-16,27H,1-4H3,(H,28,29). The van der Waals surface area contributed by atoms with E-state index in [4.69, 9.17) is 4.74 Å². The SMILES string of the molecule is CNS(=O)(=O)c1cc(C(=O)Nc2cccc(C#Cc3cccc(C(=O)OC)c3)c2)cc(C)c1C. The van der Waals surface area contributed by atoms with Crippen molar-refractivity contribution in [2.75, 3.05) is 19.5 Å². The van der Waals surface area contributed by atoms with Crippen LogP contribution < -0.4 is 10.0 Å². The van der Waals surface area contributed by atoms with Crippen LogP contribution in [0.3, 0.4) is 0 Å². The van der Waals surface area contributed by atoms with E-state index in [1.807, 2.05) is 0 Å². The van der Waals surface area contributed by atoms with Crippen molar-refractivity contribution >= 4 is 27.6 Å². The molecule has 174 valence electrons. The molecule has 0 saturated heterocycles. The predicted octanol–water partition coefficient (Wildman–Crippen LogP) is 3.65. The molecular formula is C26H24N2O5S. The third-order valence-electron chi connectivity index (χ3n) is 5.20. The highest BCUT2D eigenvalue weighted by Gasteiger charge is 2.19. The number of nitrogens with one attached hydrogen (secondary N) is 2. The van der Waals surface area contributed by atoms with Crippen LogP contribution in [0.4, 0.5) is 5.69 Å². The van der Waals surface area contributed by atoms with Gasteiger partial charge in [0.2, 0.25) is 10.0 Å². The molecule has 0 aromatic heterocycles. The fourth-order valence-electron chi connectivity index (χ4n) is 3.21. The molecule has 0 heterocycles. The van der Waals surface area contributed by atoms with E-state index < -0.39 is 21.9 Å². The Morgan fingerprint density at radius 3 is 2.18 bits per heavy atom. The molecule has 0 radical (unpaired) electrons. The molecule has 3 rings (SSSR count). The number of amides is 1. The minimum atomic E-state index is -3.71. The Labute approximate surface area is 199 Å². The monoisotopic (exact) mass is 476 g/mol. The van der Waals surface area contributed by atoms with Crippen molar-refractivity contribution in [1.29, 1.82) is 0 Å². The van der Waals surface area contributed by atoms with Gasteiger partial charge in [-0.05, 0) is 80.6 Å². The minimum absolute atomic E-state index is 0.0638. The van der Waals surface area contributed by atoms with Crippen LogP contribution in [-0.4, -0.2) is 34.5 Å². The highest BCUT2D eigenvalue weighted by molar-refractivity contribution is 7.89. The predicted molar refractivity (Wildman–Crippen MR) is 130 cm³/mol. The zero-order chi connectivity index (χ0) is 24.9. The normalized spacial score (nSPS) is 10.7. The Bertz CT molecular complexity index is 1430. The van der Waals surface area contributed by atoms with Crippen LogP contribution in [0.1, 0.15) is 43.0 Å². The Morgan fingerprint density at radius 1 is 0.882 bits per heavy atom. The van der Waals surface area contributed by atoms with E-state index >= 15 is 0 Å². The lowest BCUT2D eigenvalue weighted by molar-refractivity contribution is 0.0600. The summed E-state index contributed by atoms with van der Waals surface area (Å²) in [6.45, 7) is 3.45. The second-order valence-electron chi connectivity index (χ2n) is 7.48. The number of hydrogen-bond donors (Lipinski definition) is 2. The van der Waals surface area contributed by atoms with Crippen molar-refractivity contribution in [3.8, 4) is 11.8 Å². The van der Waals surface area contributed by atoms with E-state index in [-0.39, 0.29) is 10.5 Å². The smallest absolute Gasteiger partial charge is 0.337 e.